The van der Waals surface area contributed by atoms with Gasteiger partial charge in [-0.15, -0.1) is 0 Å². The molecule has 4 nitrogen and oxygen atoms in total. The van der Waals surface area contributed by atoms with Gasteiger partial charge in [-0.05, 0) is 56.2 Å². The van der Waals surface area contributed by atoms with Crippen molar-refractivity contribution in [2.45, 2.75) is 39.5 Å². The number of nitrogens with one attached hydrogen (secondary N) is 2. The molecule has 1 amide bonds. The summed E-state index contributed by atoms with van der Waals surface area (Å²) in [4.78, 5) is 11.8. The van der Waals surface area contributed by atoms with E-state index < -0.39 is 0 Å². The third-order valence-corrected chi connectivity index (χ3v) is 4.20. The number of benzene rings is 1. The van der Waals surface area contributed by atoms with Crippen LogP contribution in [0.5, 0.6) is 0 Å². The van der Waals surface area contributed by atoms with Crippen molar-refractivity contribution in [1.29, 1.82) is 0 Å². The molecular weight excluding hydrogens is 286 g/mol. The smallest absolute Gasteiger partial charge is 0.259 e. The Morgan fingerprint density at radius 1 is 1.48 bits per heavy atom. The largest absolute Gasteiger partial charge is 0.376 e. The molecule has 0 heterocycles. The maximum Gasteiger partial charge on any atom is 0.259 e. The van der Waals surface area contributed by atoms with E-state index in [0.717, 1.165) is 36.2 Å². The Morgan fingerprint density at radius 2 is 2.29 bits per heavy atom. The lowest BCUT2D eigenvalue weighted by atomic mass is 9.89. The number of hydrogen-bond donors (Lipinski definition) is 2. The van der Waals surface area contributed by atoms with Crippen LogP contribution in [0.3, 0.4) is 0 Å². The van der Waals surface area contributed by atoms with Gasteiger partial charge in [0, 0.05) is 16.4 Å². The van der Waals surface area contributed by atoms with Crippen LogP contribution in [0, 0.1) is 12.8 Å². The predicted molar refractivity (Wildman–Crippen MR) is 87.9 cm³/mol. The van der Waals surface area contributed by atoms with Gasteiger partial charge in [-0.2, -0.15) is 5.10 Å². The average Bonchev–Trinajstić information content (AvgIpc) is 2.47. The van der Waals surface area contributed by atoms with Crippen molar-refractivity contribution in [2.75, 3.05) is 11.9 Å². The quantitative estimate of drug-likeness (QED) is 0.833. The number of halogens is 1. The van der Waals surface area contributed by atoms with Crippen LogP contribution >= 0.6 is 11.6 Å². The Labute approximate surface area is 131 Å². The molecule has 2 N–H and O–H groups in total. The number of nitrogens with zero attached hydrogens (tertiary/aromatic N) is 1. The maximum absolute atomic E-state index is 11.8. The molecule has 2 rings (SSSR count). The van der Waals surface area contributed by atoms with Crippen LogP contribution in [0.25, 0.3) is 0 Å². The van der Waals surface area contributed by atoms with Gasteiger partial charge in [0.15, 0.2) is 0 Å². The summed E-state index contributed by atoms with van der Waals surface area (Å²) in [5, 5.41) is 8.01. The van der Waals surface area contributed by atoms with Gasteiger partial charge in [-0.25, -0.2) is 5.43 Å². The lowest BCUT2D eigenvalue weighted by Crippen LogP contribution is -2.28. The molecular formula is C16H22ClN3O. The summed E-state index contributed by atoms with van der Waals surface area (Å²) in [6, 6.07) is 5.60. The summed E-state index contributed by atoms with van der Waals surface area (Å²) in [6.07, 6.45) is 4.39. The number of amides is 1. The Balaban J connectivity index is 1.82. The van der Waals surface area contributed by atoms with E-state index >= 15 is 0 Å². The van der Waals surface area contributed by atoms with Crippen molar-refractivity contribution in [1.82, 2.24) is 5.43 Å². The first kappa shape index (κ1) is 15.8. The molecule has 0 unspecified atom stereocenters. The molecule has 1 aliphatic rings. The topological polar surface area (TPSA) is 53.5 Å². The fraction of sp³-hybridized carbons (Fsp3) is 0.500. The molecule has 1 fully saturated rings. The molecule has 0 bridgehead atoms. The van der Waals surface area contributed by atoms with Crippen molar-refractivity contribution in [2.24, 2.45) is 11.0 Å². The van der Waals surface area contributed by atoms with E-state index in [9.17, 15) is 4.79 Å². The minimum atomic E-state index is -0.139. The van der Waals surface area contributed by atoms with Gasteiger partial charge >= 0.3 is 0 Å². The second kappa shape index (κ2) is 7.46. The number of hydrogen-bond acceptors (Lipinski definition) is 3. The molecule has 0 radical (unpaired) electrons. The normalized spacial score (nSPS) is 20.3. The summed E-state index contributed by atoms with van der Waals surface area (Å²) < 4.78 is 0. The maximum atomic E-state index is 11.8. The summed E-state index contributed by atoms with van der Waals surface area (Å²) >= 11 is 6.04. The molecule has 0 aromatic heterocycles. The minimum Gasteiger partial charge on any atom is -0.376 e. The second-order valence-corrected chi connectivity index (χ2v) is 6.09. The highest BCUT2D eigenvalue weighted by molar-refractivity contribution is 6.31. The number of hydrazone groups is 1. The molecule has 114 valence electrons. The van der Waals surface area contributed by atoms with Gasteiger partial charge in [-0.1, -0.05) is 24.6 Å². The van der Waals surface area contributed by atoms with Crippen molar-refractivity contribution < 1.29 is 4.79 Å². The second-order valence-electron chi connectivity index (χ2n) is 5.68. The van der Waals surface area contributed by atoms with Crippen LogP contribution < -0.4 is 10.7 Å². The van der Waals surface area contributed by atoms with E-state index in [-0.39, 0.29) is 12.5 Å². The zero-order chi connectivity index (χ0) is 15.2. The van der Waals surface area contributed by atoms with E-state index in [1.165, 1.54) is 6.42 Å². The van der Waals surface area contributed by atoms with Crippen LogP contribution in [0.4, 0.5) is 5.69 Å². The van der Waals surface area contributed by atoms with Crippen molar-refractivity contribution >= 4 is 28.9 Å². The van der Waals surface area contributed by atoms with Gasteiger partial charge in [-0.3, -0.25) is 4.79 Å². The fourth-order valence-corrected chi connectivity index (χ4v) is 2.69. The van der Waals surface area contributed by atoms with Crippen molar-refractivity contribution in [3.05, 3.63) is 28.8 Å². The Morgan fingerprint density at radius 3 is 3.05 bits per heavy atom. The molecule has 1 aliphatic carbocycles. The van der Waals surface area contributed by atoms with E-state index in [1.54, 1.807) is 0 Å². The third-order valence-electron chi connectivity index (χ3n) is 3.79. The highest BCUT2D eigenvalue weighted by Crippen LogP contribution is 2.22. The lowest BCUT2D eigenvalue weighted by molar-refractivity contribution is -0.119. The van der Waals surface area contributed by atoms with Crippen molar-refractivity contribution in [3.8, 4) is 0 Å². The highest BCUT2D eigenvalue weighted by atomic mass is 35.5. The van der Waals surface area contributed by atoms with Crippen molar-refractivity contribution in [3.63, 3.8) is 0 Å². The Hall–Kier alpha value is -1.55. The summed E-state index contributed by atoms with van der Waals surface area (Å²) in [5.74, 6) is 0.529. The van der Waals surface area contributed by atoms with E-state index in [2.05, 4.69) is 22.8 Å². The number of carbonyl (C=O) groups is 1. The van der Waals surface area contributed by atoms with E-state index in [4.69, 9.17) is 11.6 Å². The molecule has 5 heteroatoms. The van der Waals surface area contributed by atoms with Crippen LogP contribution in [-0.4, -0.2) is 18.2 Å². The lowest BCUT2D eigenvalue weighted by Gasteiger charge is -2.19. The molecule has 0 aliphatic heterocycles. The van der Waals surface area contributed by atoms with Gasteiger partial charge in [0.05, 0.1) is 6.54 Å². The SMILES string of the molecule is Cc1c(Cl)cccc1NCC(=O)N/N=C1\CCC[C@H](C)C1. The molecule has 0 saturated heterocycles. The molecule has 1 saturated carbocycles. The van der Waals surface area contributed by atoms with Gasteiger partial charge in [0.2, 0.25) is 0 Å². The molecule has 1 aromatic carbocycles. The Kier molecular flexibility index (Phi) is 5.62. The molecule has 1 atom stereocenters. The first-order valence-electron chi connectivity index (χ1n) is 7.39. The van der Waals surface area contributed by atoms with Gasteiger partial charge in [0.1, 0.15) is 0 Å². The monoisotopic (exact) mass is 307 g/mol. The number of anilines is 1. The van der Waals surface area contributed by atoms with E-state index in [1.807, 2.05) is 25.1 Å². The molecule has 1 aromatic rings. The summed E-state index contributed by atoms with van der Waals surface area (Å²) in [7, 11) is 0. The standard InChI is InChI=1S/C16H22ClN3O/c1-11-5-3-6-13(9-11)19-20-16(21)10-18-15-8-4-7-14(17)12(15)2/h4,7-8,11,18H,3,5-6,9-10H2,1-2H3,(H,20,21)/b19-13+/t11-/m0/s1. The predicted octanol–water partition coefficient (Wildman–Crippen LogP) is 3.74. The highest BCUT2D eigenvalue weighted by Gasteiger charge is 2.14. The first-order valence-corrected chi connectivity index (χ1v) is 7.77. The third kappa shape index (κ3) is 4.74. The van der Waals surface area contributed by atoms with Crippen LogP contribution in [-0.2, 0) is 4.79 Å². The van der Waals surface area contributed by atoms with E-state index in [0.29, 0.717) is 10.9 Å². The number of carbonyl (C=O) groups excluding carboxylic acids is 1. The van der Waals surface area contributed by atoms with Crippen LogP contribution in [0.1, 0.15) is 38.2 Å². The van der Waals surface area contributed by atoms with Gasteiger partial charge < -0.3 is 5.32 Å². The average molecular weight is 308 g/mol. The van der Waals surface area contributed by atoms with Gasteiger partial charge in [0.25, 0.3) is 5.91 Å². The number of rotatable bonds is 4. The minimum absolute atomic E-state index is 0.139. The Bertz CT molecular complexity index is 542. The summed E-state index contributed by atoms with van der Waals surface area (Å²) in [5.41, 5.74) is 5.54. The van der Waals surface area contributed by atoms with Crippen LogP contribution in [0.15, 0.2) is 23.3 Å². The van der Waals surface area contributed by atoms with Crippen LogP contribution in [0.2, 0.25) is 5.02 Å². The molecule has 0 spiro atoms. The zero-order valence-corrected chi connectivity index (χ0v) is 13.3. The summed E-state index contributed by atoms with van der Waals surface area (Å²) in [6.45, 7) is 4.33. The fourth-order valence-electron chi connectivity index (χ4n) is 2.52. The zero-order valence-electron chi connectivity index (χ0n) is 12.6. The molecule has 21 heavy (non-hydrogen) atoms. The first-order chi connectivity index (χ1) is 10.1.